The summed E-state index contributed by atoms with van der Waals surface area (Å²) in [6, 6.07) is 26.4. The number of rotatable bonds is 4. The van der Waals surface area contributed by atoms with E-state index in [1.165, 1.54) is 61.2 Å². The van der Waals surface area contributed by atoms with Gasteiger partial charge in [-0.1, -0.05) is 0 Å². The van der Waals surface area contributed by atoms with Gasteiger partial charge in [0.05, 0.1) is 0 Å². The van der Waals surface area contributed by atoms with Crippen molar-refractivity contribution in [2.75, 3.05) is 0 Å². The van der Waals surface area contributed by atoms with Crippen molar-refractivity contribution < 1.29 is 21.3 Å². The second-order valence-corrected chi connectivity index (χ2v) is 21.1. The van der Waals surface area contributed by atoms with Crippen molar-refractivity contribution in [1.82, 2.24) is 0 Å². The molecule has 0 atom stereocenters. The van der Waals surface area contributed by atoms with Crippen molar-refractivity contribution in [1.29, 1.82) is 0 Å². The summed E-state index contributed by atoms with van der Waals surface area (Å²) in [6.45, 7) is 23.4. The maximum Gasteiger partial charge on any atom is -0.147 e. The molecule has 0 unspecified atom stereocenters. The fourth-order valence-electron chi connectivity index (χ4n) is 7.51. The first-order chi connectivity index (χ1) is 20.7. The van der Waals surface area contributed by atoms with Gasteiger partial charge in [-0.15, -0.1) is 24.8 Å². The molecule has 3 heteroatoms. The third-order valence-corrected chi connectivity index (χ3v) is 17.7. The van der Waals surface area contributed by atoms with Gasteiger partial charge in [0.25, 0.3) is 0 Å². The van der Waals surface area contributed by atoms with Crippen LogP contribution in [-0.4, -0.2) is 3.21 Å². The van der Waals surface area contributed by atoms with Crippen LogP contribution in [0, 0.1) is 27.7 Å². The minimum Gasteiger partial charge on any atom is -0.147 e. The summed E-state index contributed by atoms with van der Waals surface area (Å²) < 4.78 is 5.01. The first kappa shape index (κ1) is 36.5. The zero-order chi connectivity index (χ0) is 31.6. The molecule has 0 saturated carbocycles. The Morgan fingerprint density at radius 1 is 0.652 bits per heavy atom. The third-order valence-electron chi connectivity index (χ3n) is 9.69. The standard InChI is InChI=1S/C23H29.C15H14.C5H5.2ClH.Zr/c1-14-9-16-11-17-10-15(2)21(23(6,7)8)13-19(17)18(16)12-20(14)22(3,4)5;1-12-3-7-14(8-4-12)11-15-9-5-13(2)6-10-15;1-2-4-5-3-1;;;/h9,12-13H,11H2,1-8H3;3-10H,1-2H3;1-3H,4H2;2*1H;. The summed E-state index contributed by atoms with van der Waals surface area (Å²) >= 11 is -2.76. The first-order valence-electron chi connectivity index (χ1n) is 16.3. The number of hydrogen-bond acceptors (Lipinski definition) is 0. The van der Waals surface area contributed by atoms with Crippen molar-refractivity contribution in [2.24, 2.45) is 0 Å². The molecule has 0 radical (unpaired) electrons. The fourth-order valence-corrected chi connectivity index (χ4v) is 15.9. The van der Waals surface area contributed by atoms with Gasteiger partial charge in [0.15, 0.2) is 0 Å². The average molecular weight is 729 g/mol. The van der Waals surface area contributed by atoms with E-state index in [4.69, 9.17) is 0 Å². The van der Waals surface area contributed by atoms with Crippen LogP contribution in [0.15, 0.2) is 88.2 Å². The molecule has 2 aliphatic rings. The summed E-state index contributed by atoms with van der Waals surface area (Å²) in [5, 5.41) is 0. The zero-order valence-corrected chi connectivity index (χ0v) is 33.4. The smallest absolute Gasteiger partial charge is 0.147 e. The second-order valence-electron chi connectivity index (χ2n) is 15.3. The molecule has 0 fully saturated rings. The van der Waals surface area contributed by atoms with Gasteiger partial charge >= 0.3 is 276 Å². The molecular formula is C43H50Cl2Zr. The number of halogens is 2. The van der Waals surface area contributed by atoms with Gasteiger partial charge in [-0.3, -0.25) is 0 Å². The predicted molar refractivity (Wildman–Crippen MR) is 203 cm³/mol. The Labute approximate surface area is 298 Å². The zero-order valence-electron chi connectivity index (χ0n) is 29.3. The quantitative estimate of drug-likeness (QED) is 0.173. The maximum atomic E-state index is 2.58. The van der Waals surface area contributed by atoms with Crippen molar-refractivity contribution in [2.45, 2.75) is 92.9 Å². The van der Waals surface area contributed by atoms with E-state index in [-0.39, 0.29) is 35.6 Å². The van der Waals surface area contributed by atoms with E-state index in [1.54, 1.807) is 15.3 Å². The molecule has 0 heterocycles. The molecule has 4 aromatic carbocycles. The van der Waals surface area contributed by atoms with E-state index in [0.29, 0.717) is 0 Å². The molecule has 0 bridgehead atoms. The monoisotopic (exact) mass is 726 g/mol. The maximum absolute atomic E-state index is 2.76. The molecule has 0 N–H and O–H groups in total. The largest absolute Gasteiger partial charge is 0.147 e. The molecule has 0 nitrogen and oxygen atoms in total. The molecule has 0 amide bonds. The topological polar surface area (TPSA) is 0 Å². The molecule has 240 valence electrons. The second kappa shape index (κ2) is 13.7. The number of hydrogen-bond donors (Lipinski definition) is 0. The molecular weight excluding hydrogens is 679 g/mol. The Hall–Kier alpha value is -2.31. The van der Waals surface area contributed by atoms with Crippen LogP contribution in [-0.2, 0) is 38.5 Å². The first-order valence-corrected chi connectivity index (χ1v) is 20.0. The van der Waals surface area contributed by atoms with Crippen molar-refractivity contribution in [3.8, 4) is 11.1 Å². The summed E-state index contributed by atoms with van der Waals surface area (Å²) in [7, 11) is 0. The van der Waals surface area contributed by atoms with Gasteiger partial charge in [0.2, 0.25) is 0 Å². The van der Waals surface area contributed by atoms with Crippen LogP contribution in [0.2, 0.25) is 0 Å². The van der Waals surface area contributed by atoms with E-state index < -0.39 is 21.3 Å². The summed E-state index contributed by atoms with van der Waals surface area (Å²) in [6.07, 6.45) is 9.29. The van der Waals surface area contributed by atoms with Crippen molar-refractivity contribution >= 4 is 31.3 Å². The van der Waals surface area contributed by atoms with Crippen molar-refractivity contribution in [3.63, 3.8) is 0 Å². The third kappa shape index (κ3) is 6.81. The van der Waals surface area contributed by atoms with Crippen LogP contribution in [0.25, 0.3) is 11.1 Å². The van der Waals surface area contributed by atoms with E-state index in [0.717, 1.165) is 12.8 Å². The summed E-state index contributed by atoms with van der Waals surface area (Å²) in [5.74, 6) is 0. The minimum atomic E-state index is -2.76. The Balaban J connectivity index is 0.00000240. The fraction of sp³-hybridized carbons (Fsp3) is 0.326. The molecule has 0 aliphatic heterocycles. The Morgan fingerprint density at radius 3 is 1.65 bits per heavy atom. The Bertz CT molecular complexity index is 1820. The molecule has 0 spiro atoms. The van der Waals surface area contributed by atoms with E-state index >= 15 is 0 Å². The van der Waals surface area contributed by atoms with E-state index in [9.17, 15) is 0 Å². The normalized spacial score (nSPS) is 13.4. The molecule has 6 rings (SSSR count). The molecule has 4 aromatic rings. The van der Waals surface area contributed by atoms with E-state index in [2.05, 4.69) is 154 Å². The predicted octanol–water partition coefficient (Wildman–Crippen LogP) is 11.3. The van der Waals surface area contributed by atoms with Gasteiger partial charge in [0, 0.05) is 0 Å². The Kier molecular flexibility index (Phi) is 10.9. The number of allylic oxidation sites excluding steroid dienone is 4. The van der Waals surface area contributed by atoms with Gasteiger partial charge in [-0.25, -0.2) is 0 Å². The van der Waals surface area contributed by atoms with Crippen LogP contribution in [0.5, 0.6) is 0 Å². The van der Waals surface area contributed by atoms with Crippen LogP contribution < -0.4 is 3.27 Å². The SMILES string of the molecule is Cc1ccc([C](c2ccc(C)cc2)=[Zr]([C]2=CC=CC2)[c]2c(C)c(C(C)(C)C)cc3c2Cc2cc(C)c(C(C)(C)C)cc2-3)cc1.Cl.Cl. The molecule has 0 aromatic heterocycles. The van der Waals surface area contributed by atoms with Gasteiger partial charge in [-0.05, 0) is 0 Å². The molecule has 0 saturated heterocycles. The number of benzene rings is 4. The van der Waals surface area contributed by atoms with Gasteiger partial charge in [-0.2, -0.15) is 0 Å². The van der Waals surface area contributed by atoms with Crippen molar-refractivity contribution in [3.05, 3.63) is 144 Å². The van der Waals surface area contributed by atoms with Gasteiger partial charge in [0.1, 0.15) is 0 Å². The number of aryl methyl sites for hydroxylation is 3. The minimum absolute atomic E-state index is 0. The average Bonchev–Trinajstić information content (AvgIpc) is 3.59. The van der Waals surface area contributed by atoms with Gasteiger partial charge < -0.3 is 0 Å². The summed E-state index contributed by atoms with van der Waals surface area (Å²) in [5.41, 5.74) is 17.6. The molecule has 2 aliphatic carbocycles. The van der Waals surface area contributed by atoms with Crippen LogP contribution in [0.1, 0.15) is 104 Å². The van der Waals surface area contributed by atoms with Crippen LogP contribution in [0.4, 0.5) is 0 Å². The van der Waals surface area contributed by atoms with E-state index in [1.807, 2.05) is 0 Å². The van der Waals surface area contributed by atoms with Crippen LogP contribution in [0.3, 0.4) is 0 Å². The molecule has 46 heavy (non-hydrogen) atoms. The number of fused-ring (bicyclic) bond motifs is 3. The summed E-state index contributed by atoms with van der Waals surface area (Å²) in [4.78, 5) is 0. The Morgan fingerprint density at radius 2 is 1.17 bits per heavy atom. The van der Waals surface area contributed by atoms with Crippen LogP contribution >= 0.6 is 24.8 Å².